The Hall–Kier alpha value is -1.57. The van der Waals surface area contributed by atoms with Gasteiger partial charge < -0.3 is 5.73 Å². The van der Waals surface area contributed by atoms with Gasteiger partial charge in [-0.2, -0.15) is 0 Å². The standard InChI is InChI=1S/C13H13BrN4OS/c14-11-5-9(15)2-4-12(11)20-7-10-3-1-8(6-17-10)13(19)18-16/h1-6H,7,15-16H2,(H,18,19). The predicted octanol–water partition coefficient (Wildman–Crippen LogP) is 2.32. The molecule has 2 aromatic rings. The van der Waals surface area contributed by atoms with Gasteiger partial charge in [0.2, 0.25) is 0 Å². The number of nitrogen functional groups attached to an aromatic ring is 2. The Morgan fingerprint density at radius 1 is 1.35 bits per heavy atom. The van der Waals surface area contributed by atoms with E-state index in [-0.39, 0.29) is 5.91 Å². The van der Waals surface area contributed by atoms with Gasteiger partial charge >= 0.3 is 0 Å². The highest BCUT2D eigenvalue weighted by Gasteiger charge is 2.05. The molecular weight excluding hydrogens is 340 g/mol. The number of hydrogen-bond donors (Lipinski definition) is 3. The molecule has 2 rings (SSSR count). The number of carbonyl (C=O) groups excluding carboxylic acids is 1. The molecule has 20 heavy (non-hydrogen) atoms. The van der Waals surface area contributed by atoms with Crippen molar-refractivity contribution in [2.75, 3.05) is 5.73 Å². The van der Waals surface area contributed by atoms with E-state index in [0.717, 1.165) is 20.7 Å². The van der Waals surface area contributed by atoms with Crippen molar-refractivity contribution < 1.29 is 4.79 Å². The molecule has 7 heteroatoms. The van der Waals surface area contributed by atoms with E-state index >= 15 is 0 Å². The number of nitrogens with one attached hydrogen (secondary N) is 1. The number of amides is 1. The zero-order valence-electron chi connectivity index (χ0n) is 10.5. The molecule has 0 saturated heterocycles. The molecule has 5 N–H and O–H groups in total. The lowest BCUT2D eigenvalue weighted by Gasteiger charge is -2.05. The van der Waals surface area contributed by atoms with Crippen LogP contribution < -0.4 is 17.0 Å². The number of pyridine rings is 1. The van der Waals surface area contributed by atoms with Gasteiger partial charge in [-0.3, -0.25) is 15.2 Å². The molecule has 104 valence electrons. The molecule has 0 aliphatic carbocycles. The van der Waals surface area contributed by atoms with E-state index in [1.54, 1.807) is 17.8 Å². The molecule has 0 unspecified atom stereocenters. The minimum atomic E-state index is -0.349. The number of anilines is 1. The second-order valence-corrected chi connectivity index (χ2v) is 5.86. The van der Waals surface area contributed by atoms with Crippen molar-refractivity contribution >= 4 is 39.3 Å². The minimum Gasteiger partial charge on any atom is -0.399 e. The number of aromatic nitrogens is 1. The lowest BCUT2D eigenvalue weighted by Crippen LogP contribution is -2.30. The molecule has 0 bridgehead atoms. The second kappa shape index (κ2) is 6.74. The van der Waals surface area contributed by atoms with Crippen molar-refractivity contribution in [2.45, 2.75) is 10.6 Å². The summed E-state index contributed by atoms with van der Waals surface area (Å²) in [5.41, 5.74) is 9.80. The third kappa shape index (κ3) is 3.72. The Bertz CT molecular complexity index is 618. The van der Waals surface area contributed by atoms with E-state index in [0.29, 0.717) is 11.3 Å². The fourth-order valence-corrected chi connectivity index (χ4v) is 3.09. The van der Waals surface area contributed by atoms with Crippen LogP contribution in [0, 0.1) is 0 Å². The van der Waals surface area contributed by atoms with Crippen molar-refractivity contribution in [2.24, 2.45) is 5.84 Å². The second-order valence-electron chi connectivity index (χ2n) is 3.99. The maximum atomic E-state index is 11.3. The molecule has 0 fully saturated rings. The number of thioether (sulfide) groups is 1. The first kappa shape index (κ1) is 14.8. The molecule has 1 aromatic heterocycles. The van der Waals surface area contributed by atoms with Crippen molar-refractivity contribution in [3.63, 3.8) is 0 Å². The summed E-state index contributed by atoms with van der Waals surface area (Å²) in [5, 5.41) is 0. The van der Waals surface area contributed by atoms with E-state index < -0.39 is 0 Å². The van der Waals surface area contributed by atoms with E-state index in [1.807, 2.05) is 24.3 Å². The average molecular weight is 353 g/mol. The third-order valence-electron chi connectivity index (χ3n) is 2.55. The first-order valence-electron chi connectivity index (χ1n) is 5.74. The number of nitrogens with zero attached hydrogens (tertiary/aromatic N) is 1. The monoisotopic (exact) mass is 352 g/mol. The van der Waals surface area contributed by atoms with Gasteiger partial charge in [-0.25, -0.2) is 5.84 Å². The Morgan fingerprint density at radius 3 is 2.75 bits per heavy atom. The highest BCUT2D eigenvalue weighted by Crippen LogP contribution is 2.31. The molecule has 0 spiro atoms. The molecule has 1 heterocycles. The van der Waals surface area contributed by atoms with Crippen molar-refractivity contribution in [1.29, 1.82) is 0 Å². The van der Waals surface area contributed by atoms with Crippen molar-refractivity contribution in [3.8, 4) is 0 Å². The minimum absolute atomic E-state index is 0.349. The van der Waals surface area contributed by atoms with Crippen LogP contribution in [0.2, 0.25) is 0 Å². The first-order valence-corrected chi connectivity index (χ1v) is 7.51. The molecule has 1 aromatic carbocycles. The van der Waals surface area contributed by atoms with Gasteiger partial charge in [0.15, 0.2) is 0 Å². The molecule has 5 nitrogen and oxygen atoms in total. The largest absolute Gasteiger partial charge is 0.399 e. The lowest BCUT2D eigenvalue weighted by atomic mass is 10.2. The van der Waals surface area contributed by atoms with Crippen LogP contribution in [0.4, 0.5) is 5.69 Å². The SMILES string of the molecule is NNC(=O)c1ccc(CSc2ccc(N)cc2Br)nc1. The van der Waals surface area contributed by atoms with Crippen LogP contribution in [0.3, 0.4) is 0 Å². The number of nitrogens with two attached hydrogens (primary N) is 2. The van der Waals surface area contributed by atoms with Crippen LogP contribution in [0.5, 0.6) is 0 Å². The topological polar surface area (TPSA) is 94.0 Å². The van der Waals surface area contributed by atoms with E-state index in [2.05, 4.69) is 26.3 Å². The van der Waals surface area contributed by atoms with E-state index in [9.17, 15) is 4.79 Å². The fraction of sp³-hybridized carbons (Fsp3) is 0.0769. The molecule has 0 aliphatic rings. The zero-order valence-corrected chi connectivity index (χ0v) is 12.9. The molecule has 0 atom stereocenters. The summed E-state index contributed by atoms with van der Waals surface area (Å²) >= 11 is 5.11. The lowest BCUT2D eigenvalue weighted by molar-refractivity contribution is 0.0953. The predicted molar refractivity (Wildman–Crippen MR) is 84.0 cm³/mol. The molecule has 0 radical (unpaired) electrons. The molecule has 0 saturated carbocycles. The van der Waals surface area contributed by atoms with Crippen LogP contribution in [0.1, 0.15) is 16.1 Å². The summed E-state index contributed by atoms with van der Waals surface area (Å²) < 4.78 is 0.960. The van der Waals surface area contributed by atoms with Crippen LogP contribution >= 0.6 is 27.7 Å². The average Bonchev–Trinajstić information content (AvgIpc) is 2.46. The van der Waals surface area contributed by atoms with Gasteiger partial charge in [0.05, 0.1) is 11.3 Å². The van der Waals surface area contributed by atoms with Crippen LogP contribution in [-0.2, 0) is 5.75 Å². The van der Waals surface area contributed by atoms with Gasteiger partial charge in [-0.1, -0.05) is 0 Å². The first-order chi connectivity index (χ1) is 9.60. The Balaban J connectivity index is 2.02. The number of halogens is 1. The highest BCUT2D eigenvalue weighted by atomic mass is 79.9. The summed E-state index contributed by atoms with van der Waals surface area (Å²) in [6, 6.07) is 9.19. The van der Waals surface area contributed by atoms with Gasteiger partial charge in [0.1, 0.15) is 0 Å². The Kier molecular flexibility index (Phi) is 4.99. The number of hydrazine groups is 1. The third-order valence-corrected chi connectivity index (χ3v) is 4.58. The quantitative estimate of drug-likeness (QED) is 0.258. The van der Waals surface area contributed by atoms with E-state index in [4.69, 9.17) is 11.6 Å². The van der Waals surface area contributed by atoms with Gasteiger partial charge in [0, 0.05) is 27.0 Å². The summed E-state index contributed by atoms with van der Waals surface area (Å²) in [6.45, 7) is 0. The van der Waals surface area contributed by atoms with Gasteiger partial charge in [-0.05, 0) is 46.3 Å². The summed E-state index contributed by atoms with van der Waals surface area (Å²) in [7, 11) is 0. The fourth-order valence-electron chi connectivity index (χ4n) is 1.51. The van der Waals surface area contributed by atoms with E-state index in [1.165, 1.54) is 6.20 Å². The van der Waals surface area contributed by atoms with Crippen molar-refractivity contribution in [1.82, 2.24) is 10.4 Å². The Labute approximate surface area is 129 Å². The maximum absolute atomic E-state index is 11.3. The number of hydrogen-bond acceptors (Lipinski definition) is 5. The smallest absolute Gasteiger partial charge is 0.266 e. The summed E-state index contributed by atoms with van der Waals surface area (Å²) in [5.74, 6) is 5.41. The van der Waals surface area contributed by atoms with Crippen LogP contribution in [-0.4, -0.2) is 10.9 Å². The summed E-state index contributed by atoms with van der Waals surface area (Å²) in [4.78, 5) is 16.6. The zero-order chi connectivity index (χ0) is 14.5. The van der Waals surface area contributed by atoms with Crippen molar-refractivity contribution in [3.05, 3.63) is 52.3 Å². The number of carbonyl (C=O) groups is 1. The van der Waals surface area contributed by atoms with Crippen LogP contribution in [0.25, 0.3) is 0 Å². The molecule has 0 aliphatic heterocycles. The normalized spacial score (nSPS) is 10.3. The van der Waals surface area contributed by atoms with Gasteiger partial charge in [0.25, 0.3) is 5.91 Å². The number of benzene rings is 1. The Morgan fingerprint density at radius 2 is 2.15 bits per heavy atom. The molecule has 1 amide bonds. The number of rotatable bonds is 4. The summed E-state index contributed by atoms with van der Waals surface area (Å²) in [6.07, 6.45) is 1.51. The molecular formula is C13H13BrN4OS. The highest BCUT2D eigenvalue weighted by molar-refractivity contribution is 9.10. The maximum Gasteiger partial charge on any atom is 0.266 e. The van der Waals surface area contributed by atoms with Gasteiger partial charge in [-0.15, -0.1) is 11.8 Å². The van der Waals surface area contributed by atoms with Crippen LogP contribution in [0.15, 0.2) is 45.9 Å².